The molecule has 2 nitrogen and oxygen atoms in total. The van der Waals surface area contributed by atoms with E-state index in [0.29, 0.717) is 0 Å². The molecule has 1 unspecified atom stereocenters. The third-order valence-corrected chi connectivity index (χ3v) is 3.46. The monoisotopic (exact) mass is 264 g/mol. The lowest BCUT2D eigenvalue weighted by Crippen LogP contribution is -2.04. The van der Waals surface area contributed by atoms with Gasteiger partial charge in [0.2, 0.25) is 0 Å². The zero-order chi connectivity index (χ0) is 12.3. The number of pyridine rings is 1. The van der Waals surface area contributed by atoms with Crippen LogP contribution < -0.4 is 5.73 Å². The van der Waals surface area contributed by atoms with E-state index in [1.807, 2.05) is 43.3 Å². The molecule has 1 heterocycles. The van der Waals surface area contributed by atoms with E-state index in [4.69, 9.17) is 17.3 Å². The molecule has 0 fully saturated rings. The van der Waals surface area contributed by atoms with Crippen LogP contribution in [0.1, 0.15) is 18.5 Å². The SMILES string of the molecule is CC(N)c1ccnc(Sc2cccc(Cl)c2)c1. The van der Waals surface area contributed by atoms with Crippen molar-refractivity contribution in [3.63, 3.8) is 0 Å². The predicted octanol–water partition coefficient (Wildman–Crippen LogP) is 3.91. The average Bonchev–Trinajstić information content (AvgIpc) is 2.29. The molecule has 0 aliphatic heterocycles. The molecular formula is C13H13ClN2S. The van der Waals surface area contributed by atoms with Crippen LogP contribution in [-0.2, 0) is 0 Å². The van der Waals surface area contributed by atoms with Crippen molar-refractivity contribution in [1.29, 1.82) is 0 Å². The molecule has 88 valence electrons. The van der Waals surface area contributed by atoms with Crippen LogP contribution in [-0.4, -0.2) is 4.98 Å². The molecule has 2 aromatic rings. The van der Waals surface area contributed by atoms with Crippen molar-refractivity contribution in [2.75, 3.05) is 0 Å². The van der Waals surface area contributed by atoms with Crippen molar-refractivity contribution in [2.45, 2.75) is 22.9 Å². The van der Waals surface area contributed by atoms with Crippen LogP contribution in [0, 0.1) is 0 Å². The van der Waals surface area contributed by atoms with Crippen molar-refractivity contribution >= 4 is 23.4 Å². The molecule has 0 saturated heterocycles. The summed E-state index contributed by atoms with van der Waals surface area (Å²) in [6.07, 6.45) is 1.78. The Morgan fingerprint density at radius 3 is 2.82 bits per heavy atom. The molecule has 1 aromatic heterocycles. The summed E-state index contributed by atoms with van der Waals surface area (Å²) < 4.78 is 0. The Kier molecular flexibility index (Phi) is 4.05. The van der Waals surface area contributed by atoms with Crippen molar-refractivity contribution < 1.29 is 0 Å². The molecule has 2 rings (SSSR count). The van der Waals surface area contributed by atoms with E-state index in [1.54, 1.807) is 18.0 Å². The van der Waals surface area contributed by atoms with E-state index in [-0.39, 0.29) is 6.04 Å². The van der Waals surface area contributed by atoms with Crippen LogP contribution in [0.3, 0.4) is 0 Å². The lowest BCUT2D eigenvalue weighted by Gasteiger charge is -2.07. The van der Waals surface area contributed by atoms with Gasteiger partial charge in [0.05, 0.1) is 0 Å². The van der Waals surface area contributed by atoms with Crippen LogP contribution in [0.4, 0.5) is 0 Å². The average molecular weight is 265 g/mol. The molecule has 4 heteroatoms. The van der Waals surface area contributed by atoms with Crippen LogP contribution in [0.25, 0.3) is 0 Å². The van der Waals surface area contributed by atoms with Crippen molar-refractivity contribution in [1.82, 2.24) is 4.98 Å². The fraction of sp³-hybridized carbons (Fsp3) is 0.154. The summed E-state index contributed by atoms with van der Waals surface area (Å²) in [5.41, 5.74) is 6.93. The highest BCUT2D eigenvalue weighted by Gasteiger charge is 2.03. The quantitative estimate of drug-likeness (QED) is 0.914. The maximum absolute atomic E-state index is 5.94. The first-order valence-electron chi connectivity index (χ1n) is 5.30. The van der Waals surface area contributed by atoms with E-state index in [2.05, 4.69) is 4.98 Å². The maximum atomic E-state index is 5.94. The van der Waals surface area contributed by atoms with Gasteiger partial charge in [0.15, 0.2) is 0 Å². The third kappa shape index (κ3) is 3.46. The number of halogens is 1. The Morgan fingerprint density at radius 1 is 1.29 bits per heavy atom. The molecule has 0 bridgehead atoms. The van der Waals surface area contributed by atoms with Gasteiger partial charge in [-0.1, -0.05) is 29.4 Å². The van der Waals surface area contributed by atoms with E-state index >= 15 is 0 Å². The Labute approximate surface area is 110 Å². The Bertz CT molecular complexity index is 514. The molecule has 1 aromatic carbocycles. The fourth-order valence-corrected chi connectivity index (χ4v) is 2.55. The molecule has 0 amide bonds. The summed E-state index contributed by atoms with van der Waals surface area (Å²) >= 11 is 7.52. The molecule has 17 heavy (non-hydrogen) atoms. The third-order valence-electron chi connectivity index (χ3n) is 2.30. The second kappa shape index (κ2) is 5.54. The van der Waals surface area contributed by atoms with Gasteiger partial charge in [0.1, 0.15) is 5.03 Å². The highest BCUT2D eigenvalue weighted by Crippen LogP contribution is 2.28. The van der Waals surface area contributed by atoms with Gasteiger partial charge in [-0.05, 0) is 42.8 Å². The minimum atomic E-state index is 0.0247. The first-order valence-corrected chi connectivity index (χ1v) is 6.49. The van der Waals surface area contributed by atoms with Gasteiger partial charge in [-0.3, -0.25) is 0 Å². The fourth-order valence-electron chi connectivity index (χ4n) is 1.42. The van der Waals surface area contributed by atoms with Gasteiger partial charge in [0.25, 0.3) is 0 Å². The van der Waals surface area contributed by atoms with Crippen molar-refractivity contribution in [2.24, 2.45) is 5.73 Å². The summed E-state index contributed by atoms with van der Waals surface area (Å²) in [6, 6.07) is 11.7. The smallest absolute Gasteiger partial charge is 0.101 e. The topological polar surface area (TPSA) is 38.9 Å². The number of aromatic nitrogens is 1. The number of hydrogen-bond acceptors (Lipinski definition) is 3. The van der Waals surface area contributed by atoms with Crippen LogP contribution >= 0.6 is 23.4 Å². The maximum Gasteiger partial charge on any atom is 0.101 e. The number of rotatable bonds is 3. The first-order chi connectivity index (χ1) is 8.15. The van der Waals surface area contributed by atoms with E-state index in [9.17, 15) is 0 Å². The summed E-state index contributed by atoms with van der Waals surface area (Å²) in [7, 11) is 0. The molecule has 0 radical (unpaired) electrons. The standard InChI is InChI=1S/C13H13ClN2S/c1-9(15)10-5-6-16-13(7-10)17-12-4-2-3-11(14)8-12/h2-9H,15H2,1H3. The number of hydrogen-bond donors (Lipinski definition) is 1. The molecule has 0 spiro atoms. The highest BCUT2D eigenvalue weighted by molar-refractivity contribution is 7.99. The lowest BCUT2D eigenvalue weighted by atomic mass is 10.1. The Hall–Kier alpha value is -1.03. The van der Waals surface area contributed by atoms with Crippen LogP contribution in [0.5, 0.6) is 0 Å². The lowest BCUT2D eigenvalue weighted by molar-refractivity contribution is 0.808. The minimum absolute atomic E-state index is 0.0247. The first kappa shape index (κ1) is 12.4. The van der Waals surface area contributed by atoms with Crippen molar-refractivity contribution in [3.05, 3.63) is 53.2 Å². The molecule has 0 aliphatic rings. The van der Waals surface area contributed by atoms with Gasteiger partial charge in [-0.25, -0.2) is 4.98 Å². The highest BCUT2D eigenvalue weighted by atomic mass is 35.5. The normalized spacial score (nSPS) is 12.4. The molecular weight excluding hydrogens is 252 g/mol. The molecule has 0 aliphatic carbocycles. The van der Waals surface area contributed by atoms with Crippen LogP contribution in [0.2, 0.25) is 5.02 Å². The summed E-state index contributed by atoms with van der Waals surface area (Å²) in [6.45, 7) is 1.96. The van der Waals surface area contributed by atoms with E-state index in [0.717, 1.165) is 20.5 Å². The predicted molar refractivity (Wildman–Crippen MR) is 72.4 cm³/mol. The van der Waals surface area contributed by atoms with Crippen molar-refractivity contribution in [3.8, 4) is 0 Å². The summed E-state index contributed by atoms with van der Waals surface area (Å²) in [4.78, 5) is 5.39. The second-order valence-corrected chi connectivity index (χ2v) is 5.31. The minimum Gasteiger partial charge on any atom is -0.324 e. The van der Waals surface area contributed by atoms with Gasteiger partial charge >= 0.3 is 0 Å². The molecule has 2 N–H and O–H groups in total. The second-order valence-electron chi connectivity index (χ2n) is 3.78. The van der Waals surface area contributed by atoms with Gasteiger partial charge in [-0.2, -0.15) is 0 Å². The number of nitrogens with zero attached hydrogens (tertiary/aromatic N) is 1. The molecule has 0 saturated carbocycles. The van der Waals surface area contributed by atoms with E-state index < -0.39 is 0 Å². The van der Waals surface area contributed by atoms with Gasteiger partial charge < -0.3 is 5.73 Å². The zero-order valence-corrected chi connectivity index (χ0v) is 11.0. The molecule has 1 atom stereocenters. The Balaban J connectivity index is 2.21. The summed E-state index contributed by atoms with van der Waals surface area (Å²) in [5.74, 6) is 0. The largest absolute Gasteiger partial charge is 0.324 e. The summed E-state index contributed by atoms with van der Waals surface area (Å²) in [5, 5.41) is 1.67. The number of nitrogens with two attached hydrogens (primary N) is 1. The Morgan fingerprint density at radius 2 is 2.12 bits per heavy atom. The van der Waals surface area contributed by atoms with Gasteiger partial charge in [-0.15, -0.1) is 0 Å². The van der Waals surface area contributed by atoms with E-state index in [1.165, 1.54) is 0 Å². The van der Waals surface area contributed by atoms with Gasteiger partial charge in [0, 0.05) is 22.2 Å². The van der Waals surface area contributed by atoms with Crippen LogP contribution in [0.15, 0.2) is 52.5 Å². The number of benzene rings is 1. The zero-order valence-electron chi connectivity index (χ0n) is 9.43.